The summed E-state index contributed by atoms with van der Waals surface area (Å²) in [6, 6.07) is 14.9. The predicted octanol–water partition coefficient (Wildman–Crippen LogP) is 0.262. The zero-order valence-electron chi connectivity index (χ0n) is 17.2. The van der Waals surface area contributed by atoms with Crippen molar-refractivity contribution in [3.05, 3.63) is 65.7 Å². The van der Waals surface area contributed by atoms with Gasteiger partial charge in [-0.2, -0.15) is 4.31 Å². The first kappa shape index (κ1) is 23.8. The highest BCUT2D eigenvalue weighted by Crippen LogP contribution is 2.14. The lowest BCUT2D eigenvalue weighted by Crippen LogP contribution is -2.50. The van der Waals surface area contributed by atoms with E-state index in [0.717, 1.165) is 15.4 Å². The fourth-order valence-corrected chi connectivity index (χ4v) is 3.53. The van der Waals surface area contributed by atoms with Gasteiger partial charge in [-0.05, 0) is 24.6 Å². The summed E-state index contributed by atoms with van der Waals surface area (Å²) >= 11 is 0. The lowest BCUT2D eigenvalue weighted by atomic mass is 10.2. The summed E-state index contributed by atoms with van der Waals surface area (Å²) in [5, 5.41) is 4.94. The van der Waals surface area contributed by atoms with Crippen LogP contribution in [0.4, 0.5) is 4.79 Å². The first-order valence-corrected chi connectivity index (χ1v) is 10.8. The number of hydrazine groups is 1. The van der Waals surface area contributed by atoms with Gasteiger partial charge in [0.2, 0.25) is 10.0 Å². The van der Waals surface area contributed by atoms with Gasteiger partial charge in [-0.3, -0.25) is 20.4 Å². The second-order valence-corrected chi connectivity index (χ2v) is 8.74. The van der Waals surface area contributed by atoms with Crippen molar-refractivity contribution in [3.63, 3.8) is 0 Å². The molecule has 0 aromatic heterocycles. The number of carbonyl (C=O) groups is 3. The molecule has 0 spiro atoms. The second kappa shape index (κ2) is 11.1. The molecule has 0 heterocycles. The minimum absolute atomic E-state index is 0.0585. The normalized spacial score (nSPS) is 10.9. The number of sulfonamides is 1. The van der Waals surface area contributed by atoms with Crippen LogP contribution in [0.5, 0.6) is 0 Å². The Hall–Kier alpha value is -3.44. The topological polar surface area (TPSA) is 137 Å². The van der Waals surface area contributed by atoms with E-state index in [9.17, 15) is 22.8 Å². The Morgan fingerprint density at radius 2 is 1.48 bits per heavy atom. The molecule has 0 bridgehead atoms. The third kappa shape index (κ3) is 7.72. The minimum Gasteiger partial charge on any atom is -0.334 e. The first-order chi connectivity index (χ1) is 14.7. The Bertz CT molecular complexity index is 1010. The van der Waals surface area contributed by atoms with Crippen LogP contribution < -0.4 is 21.5 Å². The van der Waals surface area contributed by atoms with Crippen molar-refractivity contribution in [1.29, 1.82) is 0 Å². The molecule has 0 saturated carbocycles. The zero-order valence-corrected chi connectivity index (χ0v) is 18.0. The molecule has 0 aliphatic heterocycles. The number of rotatable bonds is 8. The summed E-state index contributed by atoms with van der Waals surface area (Å²) in [5.41, 5.74) is 6.03. The van der Waals surface area contributed by atoms with Crippen LogP contribution in [0.15, 0.2) is 59.5 Å². The maximum atomic E-state index is 12.5. The molecule has 166 valence electrons. The molecule has 4 N–H and O–H groups in total. The van der Waals surface area contributed by atoms with Crippen LogP contribution in [0.25, 0.3) is 0 Å². The molecule has 31 heavy (non-hydrogen) atoms. The molecule has 2 rings (SSSR count). The summed E-state index contributed by atoms with van der Waals surface area (Å²) in [4.78, 5) is 35.5. The summed E-state index contributed by atoms with van der Waals surface area (Å²) in [7, 11) is -2.59. The van der Waals surface area contributed by atoms with Gasteiger partial charge in [0.05, 0.1) is 11.4 Å². The molecule has 0 aliphatic rings. The molecular weight excluding hydrogens is 422 g/mol. The van der Waals surface area contributed by atoms with Crippen LogP contribution >= 0.6 is 0 Å². The van der Waals surface area contributed by atoms with E-state index in [-0.39, 0.29) is 11.4 Å². The van der Waals surface area contributed by atoms with Crippen LogP contribution in [0.2, 0.25) is 0 Å². The van der Waals surface area contributed by atoms with E-state index in [0.29, 0.717) is 6.54 Å². The van der Waals surface area contributed by atoms with E-state index in [2.05, 4.69) is 21.5 Å². The summed E-state index contributed by atoms with van der Waals surface area (Å²) in [6.45, 7) is 1.25. The molecule has 2 aromatic rings. The van der Waals surface area contributed by atoms with Gasteiger partial charge in [-0.1, -0.05) is 48.0 Å². The van der Waals surface area contributed by atoms with Gasteiger partial charge in [0.1, 0.15) is 6.54 Å². The SMILES string of the molecule is Cc1ccc(S(=O)(=O)N(C)CC(=O)NNC(=O)CNC(=O)NCc2ccccc2)cc1. The highest BCUT2D eigenvalue weighted by atomic mass is 32.2. The van der Waals surface area contributed by atoms with Gasteiger partial charge in [0.15, 0.2) is 0 Å². The van der Waals surface area contributed by atoms with Crippen molar-refractivity contribution in [2.24, 2.45) is 0 Å². The standard InChI is InChI=1S/C20H25N5O5S/c1-15-8-10-17(11-9-15)31(29,30)25(2)14-19(27)24-23-18(26)13-22-20(28)21-12-16-6-4-3-5-7-16/h3-11H,12-14H2,1-2H3,(H,23,26)(H,24,27)(H2,21,22,28). The Kier molecular flexibility index (Phi) is 8.53. The molecule has 0 saturated heterocycles. The van der Waals surface area contributed by atoms with Gasteiger partial charge in [0.25, 0.3) is 11.8 Å². The van der Waals surface area contributed by atoms with Crippen molar-refractivity contribution < 1.29 is 22.8 Å². The number of aryl methyl sites for hydroxylation is 1. The maximum Gasteiger partial charge on any atom is 0.315 e. The number of likely N-dealkylation sites (N-methyl/N-ethyl adjacent to an activating group) is 1. The lowest BCUT2D eigenvalue weighted by Gasteiger charge is -2.17. The van der Waals surface area contributed by atoms with E-state index >= 15 is 0 Å². The molecule has 4 amide bonds. The minimum atomic E-state index is -3.85. The summed E-state index contributed by atoms with van der Waals surface area (Å²) < 4.78 is 25.8. The smallest absolute Gasteiger partial charge is 0.315 e. The highest BCUT2D eigenvalue weighted by Gasteiger charge is 2.23. The van der Waals surface area contributed by atoms with Gasteiger partial charge in [-0.25, -0.2) is 13.2 Å². The lowest BCUT2D eigenvalue weighted by molar-refractivity contribution is -0.128. The fourth-order valence-electron chi connectivity index (χ4n) is 2.40. The van der Waals surface area contributed by atoms with Crippen LogP contribution in [0.3, 0.4) is 0 Å². The van der Waals surface area contributed by atoms with Crippen LogP contribution in [-0.4, -0.2) is 50.7 Å². The number of carbonyl (C=O) groups excluding carboxylic acids is 3. The van der Waals surface area contributed by atoms with E-state index in [4.69, 9.17) is 0 Å². The fraction of sp³-hybridized carbons (Fsp3) is 0.250. The predicted molar refractivity (Wildman–Crippen MR) is 114 cm³/mol. The molecule has 11 heteroatoms. The monoisotopic (exact) mass is 447 g/mol. The van der Waals surface area contributed by atoms with Crippen LogP contribution in [0.1, 0.15) is 11.1 Å². The number of hydrogen-bond donors (Lipinski definition) is 4. The maximum absolute atomic E-state index is 12.5. The van der Waals surface area contributed by atoms with Crippen molar-refractivity contribution in [2.45, 2.75) is 18.4 Å². The zero-order chi connectivity index (χ0) is 22.9. The van der Waals surface area contributed by atoms with E-state index < -0.39 is 34.4 Å². The second-order valence-electron chi connectivity index (χ2n) is 6.69. The quantitative estimate of drug-likeness (QED) is 0.431. The number of urea groups is 1. The molecular formula is C20H25N5O5S. The molecule has 0 atom stereocenters. The van der Waals surface area contributed by atoms with Crippen LogP contribution in [0, 0.1) is 6.92 Å². The van der Waals surface area contributed by atoms with Crippen LogP contribution in [-0.2, 0) is 26.2 Å². The molecule has 2 aromatic carbocycles. The number of nitrogens with one attached hydrogen (secondary N) is 4. The Morgan fingerprint density at radius 1 is 0.871 bits per heavy atom. The number of hydrogen-bond acceptors (Lipinski definition) is 5. The Labute approximate surface area is 181 Å². The molecule has 0 unspecified atom stereocenters. The number of amides is 4. The van der Waals surface area contributed by atoms with Gasteiger partial charge in [-0.15, -0.1) is 0 Å². The van der Waals surface area contributed by atoms with Crippen molar-refractivity contribution in [3.8, 4) is 0 Å². The molecule has 0 fully saturated rings. The van der Waals surface area contributed by atoms with Crippen molar-refractivity contribution in [2.75, 3.05) is 20.1 Å². The Morgan fingerprint density at radius 3 is 2.13 bits per heavy atom. The molecule has 0 aliphatic carbocycles. The summed E-state index contributed by atoms with van der Waals surface area (Å²) in [5.74, 6) is -1.41. The molecule has 10 nitrogen and oxygen atoms in total. The van der Waals surface area contributed by atoms with E-state index in [1.165, 1.54) is 19.2 Å². The number of nitrogens with zero attached hydrogens (tertiary/aromatic N) is 1. The highest BCUT2D eigenvalue weighted by molar-refractivity contribution is 7.89. The Balaban J connectivity index is 1.70. The van der Waals surface area contributed by atoms with Gasteiger partial charge in [0, 0.05) is 13.6 Å². The average Bonchev–Trinajstić information content (AvgIpc) is 2.75. The third-order valence-electron chi connectivity index (χ3n) is 4.14. The summed E-state index contributed by atoms with van der Waals surface area (Å²) in [6.07, 6.45) is 0. The van der Waals surface area contributed by atoms with E-state index in [1.54, 1.807) is 12.1 Å². The van der Waals surface area contributed by atoms with Crippen molar-refractivity contribution >= 4 is 27.9 Å². The number of benzene rings is 2. The average molecular weight is 448 g/mol. The largest absolute Gasteiger partial charge is 0.334 e. The van der Waals surface area contributed by atoms with E-state index in [1.807, 2.05) is 37.3 Å². The van der Waals surface area contributed by atoms with Crippen molar-refractivity contribution in [1.82, 2.24) is 25.8 Å². The van der Waals surface area contributed by atoms with Gasteiger partial charge < -0.3 is 10.6 Å². The third-order valence-corrected chi connectivity index (χ3v) is 5.96. The first-order valence-electron chi connectivity index (χ1n) is 9.35. The molecule has 0 radical (unpaired) electrons. The van der Waals surface area contributed by atoms with Gasteiger partial charge >= 0.3 is 6.03 Å².